The molecule has 0 radical (unpaired) electrons. The number of ketones is 1. The van der Waals surface area contributed by atoms with Crippen LogP contribution in [0.5, 0.6) is 0 Å². The van der Waals surface area contributed by atoms with Crippen molar-refractivity contribution in [2.75, 3.05) is 0 Å². The van der Waals surface area contributed by atoms with Crippen molar-refractivity contribution < 1.29 is 9.53 Å². The average Bonchev–Trinajstić information content (AvgIpc) is 2.59. The molecule has 1 aliphatic carbocycles. The number of hydrogen-bond donors (Lipinski definition) is 0. The number of hydrogen-bond acceptors (Lipinski definition) is 2. The third-order valence-corrected chi connectivity index (χ3v) is 4.58. The number of carbonyl (C=O) groups excluding carboxylic acids is 1. The summed E-state index contributed by atoms with van der Waals surface area (Å²) in [5, 5.41) is 0. The van der Waals surface area contributed by atoms with Gasteiger partial charge in [-0.05, 0) is 45.1 Å². The number of alkyl halides is 2. The van der Waals surface area contributed by atoms with E-state index in [0.717, 1.165) is 12.8 Å². The van der Waals surface area contributed by atoms with Gasteiger partial charge in [0.1, 0.15) is 6.10 Å². The van der Waals surface area contributed by atoms with E-state index in [1.807, 2.05) is 39.0 Å². The Bertz CT molecular complexity index is 491. The Morgan fingerprint density at radius 1 is 1.24 bits per heavy atom. The maximum absolute atomic E-state index is 12.1. The number of halogens is 2. The molecule has 0 aromatic heterocycles. The Kier molecular flexibility index (Phi) is 5.02. The van der Waals surface area contributed by atoms with Crippen LogP contribution in [-0.2, 0) is 16.0 Å². The van der Waals surface area contributed by atoms with Gasteiger partial charge in [-0.2, -0.15) is 0 Å². The van der Waals surface area contributed by atoms with Gasteiger partial charge in [0.15, 0.2) is 5.78 Å². The normalized spacial score (nSPS) is 25.3. The van der Waals surface area contributed by atoms with Crippen LogP contribution >= 0.6 is 23.2 Å². The van der Waals surface area contributed by atoms with Crippen molar-refractivity contribution in [1.82, 2.24) is 0 Å². The molecule has 2 rings (SSSR count). The number of Topliss-reactive ketones (excluding diaryl/α,β-unsaturated/α-hetero) is 1. The second-order valence-corrected chi connectivity index (χ2v) is 8.07. The molecular formula is C17H22Cl2O2. The fraction of sp³-hybridized carbons (Fsp3) is 0.588. The van der Waals surface area contributed by atoms with Crippen molar-refractivity contribution >= 4 is 29.0 Å². The van der Waals surface area contributed by atoms with Crippen LogP contribution in [0.4, 0.5) is 0 Å². The Morgan fingerprint density at radius 2 is 1.86 bits per heavy atom. The Hall–Kier alpha value is -0.570. The summed E-state index contributed by atoms with van der Waals surface area (Å²) < 4.78 is 4.58. The molecule has 0 N–H and O–H groups in total. The summed E-state index contributed by atoms with van der Waals surface area (Å²) in [5.74, 6) is -0.0647. The molecule has 0 spiro atoms. The van der Waals surface area contributed by atoms with Crippen LogP contribution in [0.25, 0.3) is 0 Å². The van der Waals surface area contributed by atoms with Gasteiger partial charge in [0.05, 0.1) is 5.60 Å². The summed E-state index contributed by atoms with van der Waals surface area (Å²) in [6.45, 7) is 5.86. The average molecular weight is 329 g/mol. The molecule has 0 saturated heterocycles. The summed E-state index contributed by atoms with van der Waals surface area (Å²) in [7, 11) is 0. The van der Waals surface area contributed by atoms with E-state index in [-0.39, 0.29) is 17.3 Å². The molecule has 0 unspecified atom stereocenters. The Balaban J connectivity index is 2.08. The molecule has 0 heterocycles. The van der Waals surface area contributed by atoms with Gasteiger partial charge >= 0.3 is 0 Å². The van der Waals surface area contributed by atoms with E-state index in [9.17, 15) is 4.79 Å². The van der Waals surface area contributed by atoms with Crippen molar-refractivity contribution in [1.29, 1.82) is 0 Å². The second kappa shape index (κ2) is 6.28. The highest BCUT2D eigenvalue weighted by molar-refractivity contribution is 6.59. The van der Waals surface area contributed by atoms with Crippen LogP contribution in [0.1, 0.15) is 39.2 Å². The summed E-state index contributed by atoms with van der Waals surface area (Å²) in [5.41, 5.74) is 0.871. The van der Waals surface area contributed by atoms with Gasteiger partial charge in [0, 0.05) is 6.42 Å². The summed E-state index contributed by atoms with van der Waals surface area (Å²) >= 11 is 12.5. The number of carbonyl (C=O) groups is 1. The van der Waals surface area contributed by atoms with Crippen LogP contribution in [-0.4, -0.2) is 21.8 Å². The lowest BCUT2D eigenvalue weighted by molar-refractivity contribution is -0.120. The monoisotopic (exact) mass is 328 g/mol. The fourth-order valence-electron chi connectivity index (χ4n) is 2.74. The molecule has 0 bridgehead atoms. The molecule has 2 atom stereocenters. The van der Waals surface area contributed by atoms with Crippen molar-refractivity contribution in [3.8, 4) is 0 Å². The van der Waals surface area contributed by atoms with Gasteiger partial charge in [-0.15, -0.1) is 0 Å². The first-order chi connectivity index (χ1) is 9.70. The zero-order chi connectivity index (χ0) is 15.7. The lowest BCUT2D eigenvalue weighted by atomic mass is 9.95. The molecule has 2 nitrogen and oxygen atoms in total. The smallest absolute Gasteiger partial charge is 0.201 e. The van der Waals surface area contributed by atoms with Gasteiger partial charge in [-0.25, -0.2) is 0 Å². The van der Waals surface area contributed by atoms with Crippen LogP contribution in [0.15, 0.2) is 30.3 Å². The van der Waals surface area contributed by atoms with E-state index in [1.165, 1.54) is 5.56 Å². The predicted octanol–water partition coefficient (Wildman–Crippen LogP) is 4.57. The van der Waals surface area contributed by atoms with Crippen molar-refractivity contribution in [2.45, 2.75) is 56.1 Å². The molecule has 1 saturated carbocycles. The zero-order valence-corrected chi connectivity index (χ0v) is 14.2. The van der Waals surface area contributed by atoms with E-state index in [4.69, 9.17) is 27.9 Å². The van der Waals surface area contributed by atoms with E-state index in [0.29, 0.717) is 6.42 Å². The first kappa shape index (κ1) is 16.8. The molecule has 1 aliphatic rings. The molecule has 1 fully saturated rings. The third kappa shape index (κ3) is 4.21. The maximum atomic E-state index is 12.1. The van der Waals surface area contributed by atoms with Crippen LogP contribution in [0.2, 0.25) is 0 Å². The lowest BCUT2D eigenvalue weighted by Gasteiger charge is -2.33. The van der Waals surface area contributed by atoms with E-state index in [1.54, 1.807) is 0 Å². The van der Waals surface area contributed by atoms with Crippen molar-refractivity contribution in [2.24, 2.45) is 5.92 Å². The first-order valence-electron chi connectivity index (χ1n) is 7.33. The summed E-state index contributed by atoms with van der Waals surface area (Å²) in [4.78, 5) is 12.1. The highest BCUT2D eigenvalue weighted by Crippen LogP contribution is 2.45. The van der Waals surface area contributed by atoms with E-state index < -0.39 is 10.4 Å². The fourth-order valence-corrected chi connectivity index (χ4v) is 3.34. The van der Waals surface area contributed by atoms with Gasteiger partial charge < -0.3 is 4.74 Å². The summed E-state index contributed by atoms with van der Waals surface area (Å²) in [6.07, 6.45) is 1.68. The highest BCUT2D eigenvalue weighted by Gasteiger charge is 2.54. The zero-order valence-electron chi connectivity index (χ0n) is 12.7. The maximum Gasteiger partial charge on any atom is 0.201 e. The van der Waals surface area contributed by atoms with Gasteiger partial charge in [-0.1, -0.05) is 53.5 Å². The Labute approximate surface area is 136 Å². The molecular weight excluding hydrogens is 307 g/mol. The number of aryl methyl sites for hydroxylation is 1. The summed E-state index contributed by atoms with van der Waals surface area (Å²) in [6, 6.07) is 10.2. The van der Waals surface area contributed by atoms with Gasteiger partial charge in [0.25, 0.3) is 0 Å². The number of ether oxygens (including phenoxy) is 1. The molecule has 0 amide bonds. The number of rotatable bonds is 4. The minimum Gasteiger partial charge on any atom is -0.369 e. The quantitative estimate of drug-likeness (QED) is 0.757. The minimum atomic E-state index is -1.42. The lowest BCUT2D eigenvalue weighted by Crippen LogP contribution is -2.41. The van der Waals surface area contributed by atoms with Crippen LogP contribution < -0.4 is 0 Å². The topological polar surface area (TPSA) is 26.3 Å². The largest absolute Gasteiger partial charge is 0.369 e. The Morgan fingerprint density at radius 3 is 2.43 bits per heavy atom. The van der Waals surface area contributed by atoms with Gasteiger partial charge in [-0.3, -0.25) is 4.79 Å². The second-order valence-electron chi connectivity index (χ2n) is 6.69. The van der Waals surface area contributed by atoms with E-state index >= 15 is 0 Å². The van der Waals surface area contributed by atoms with E-state index in [2.05, 4.69) is 12.1 Å². The highest BCUT2D eigenvalue weighted by atomic mass is 35.5. The molecule has 1 aromatic carbocycles. The van der Waals surface area contributed by atoms with Gasteiger partial charge in [0.2, 0.25) is 4.33 Å². The molecule has 116 valence electrons. The molecule has 1 aromatic rings. The molecule has 4 heteroatoms. The third-order valence-electron chi connectivity index (χ3n) is 3.73. The van der Waals surface area contributed by atoms with Crippen molar-refractivity contribution in [3.63, 3.8) is 0 Å². The molecule has 21 heavy (non-hydrogen) atoms. The van der Waals surface area contributed by atoms with Crippen LogP contribution in [0, 0.1) is 5.92 Å². The van der Waals surface area contributed by atoms with Crippen LogP contribution in [0.3, 0.4) is 0 Å². The molecule has 0 aliphatic heterocycles. The minimum absolute atomic E-state index is 0.0620. The SMILES string of the molecule is CC(C)(C)O[C@H]1[C@@H](CCc2ccccc2)CC(=O)C1(Cl)Cl. The first-order valence-corrected chi connectivity index (χ1v) is 8.08. The standard InChI is InChI=1S/C17H22Cl2O2/c1-16(2,3)21-15-13(11-14(20)17(15,18)19)10-9-12-7-5-4-6-8-12/h4-8,13,15H,9-11H2,1-3H3/t13-,15-/m0/s1. The van der Waals surface area contributed by atoms with Crippen molar-refractivity contribution in [3.05, 3.63) is 35.9 Å². The predicted molar refractivity (Wildman–Crippen MR) is 86.9 cm³/mol. The number of benzene rings is 1.